The zero-order chi connectivity index (χ0) is 16.2. The monoisotopic (exact) mass is 293 g/mol. The molecule has 0 radical (unpaired) electrons. The van der Waals surface area contributed by atoms with Gasteiger partial charge in [0.1, 0.15) is 6.04 Å². The number of primary amides is 1. The molecule has 1 heterocycles. The lowest BCUT2D eigenvalue weighted by Crippen LogP contribution is -2.50. The van der Waals surface area contributed by atoms with Crippen LogP contribution in [0, 0.1) is 23.7 Å². The second-order valence-corrected chi connectivity index (χ2v) is 5.65. The number of nitrogens with zero attached hydrogens (tertiary/aromatic N) is 2. The Morgan fingerprint density at radius 1 is 1.33 bits per heavy atom. The Labute approximate surface area is 125 Å². The average Bonchev–Trinajstić information content (AvgIpc) is 2.86. The van der Waals surface area contributed by atoms with Gasteiger partial charge in [-0.1, -0.05) is 19.8 Å². The quantitative estimate of drug-likeness (QED) is 0.730. The maximum Gasteiger partial charge on any atom is 0.298 e. The van der Waals surface area contributed by atoms with Crippen molar-refractivity contribution in [2.24, 2.45) is 17.6 Å². The SMILES string of the molecule is CC#CC(=O)N1CC[C@H](C(=O)N(C)[C@H](C(N)=O)C(C)C)C1. The van der Waals surface area contributed by atoms with Gasteiger partial charge in [-0.25, -0.2) is 0 Å². The summed E-state index contributed by atoms with van der Waals surface area (Å²) in [5, 5.41) is 0. The van der Waals surface area contributed by atoms with Gasteiger partial charge < -0.3 is 15.5 Å². The Balaban J connectivity index is 2.74. The van der Waals surface area contributed by atoms with Crippen LogP contribution in [0.15, 0.2) is 0 Å². The molecular weight excluding hydrogens is 270 g/mol. The number of likely N-dealkylation sites (tertiary alicyclic amines) is 1. The van der Waals surface area contributed by atoms with Crippen LogP contribution in [0.1, 0.15) is 27.2 Å². The lowest BCUT2D eigenvalue weighted by molar-refractivity contribution is -0.142. The van der Waals surface area contributed by atoms with Crippen molar-refractivity contribution in [3.8, 4) is 11.8 Å². The third-order valence-corrected chi connectivity index (χ3v) is 3.74. The highest BCUT2D eigenvalue weighted by molar-refractivity contribution is 5.94. The molecular formula is C15H23N3O3. The fourth-order valence-electron chi connectivity index (χ4n) is 2.72. The van der Waals surface area contributed by atoms with Crippen LogP contribution in [0.5, 0.6) is 0 Å². The first kappa shape index (κ1) is 17.0. The van der Waals surface area contributed by atoms with E-state index in [4.69, 9.17) is 5.73 Å². The van der Waals surface area contributed by atoms with Crippen molar-refractivity contribution < 1.29 is 14.4 Å². The van der Waals surface area contributed by atoms with Gasteiger partial charge in [-0.05, 0) is 25.2 Å². The normalized spacial score (nSPS) is 18.9. The summed E-state index contributed by atoms with van der Waals surface area (Å²) in [6.07, 6.45) is 0.587. The van der Waals surface area contributed by atoms with E-state index in [-0.39, 0.29) is 23.7 Å². The molecule has 2 N–H and O–H groups in total. The molecule has 0 aromatic carbocycles. The molecule has 1 saturated heterocycles. The topological polar surface area (TPSA) is 83.7 Å². The molecule has 1 rings (SSSR count). The van der Waals surface area contributed by atoms with Crippen LogP contribution in [-0.2, 0) is 14.4 Å². The third-order valence-electron chi connectivity index (χ3n) is 3.74. The number of likely N-dealkylation sites (N-methyl/N-ethyl adjacent to an activating group) is 1. The Hall–Kier alpha value is -2.03. The van der Waals surface area contributed by atoms with Crippen LogP contribution in [0.3, 0.4) is 0 Å². The highest BCUT2D eigenvalue weighted by atomic mass is 16.2. The molecule has 0 aliphatic carbocycles. The molecule has 1 fully saturated rings. The van der Waals surface area contributed by atoms with Gasteiger partial charge in [-0.3, -0.25) is 14.4 Å². The molecule has 0 aromatic rings. The zero-order valence-electron chi connectivity index (χ0n) is 13.0. The minimum absolute atomic E-state index is 0.0541. The first-order valence-electron chi connectivity index (χ1n) is 7.07. The van der Waals surface area contributed by atoms with Gasteiger partial charge in [0.2, 0.25) is 11.8 Å². The fourth-order valence-corrected chi connectivity index (χ4v) is 2.72. The second-order valence-electron chi connectivity index (χ2n) is 5.65. The second kappa shape index (κ2) is 7.11. The van der Waals surface area contributed by atoms with E-state index in [0.29, 0.717) is 19.5 Å². The fraction of sp³-hybridized carbons (Fsp3) is 0.667. The average molecular weight is 293 g/mol. The summed E-state index contributed by atoms with van der Waals surface area (Å²) in [6, 6.07) is -0.627. The van der Waals surface area contributed by atoms with Crippen molar-refractivity contribution >= 4 is 17.7 Å². The van der Waals surface area contributed by atoms with Crippen molar-refractivity contribution in [1.82, 2.24) is 9.80 Å². The van der Waals surface area contributed by atoms with E-state index in [1.807, 2.05) is 13.8 Å². The van der Waals surface area contributed by atoms with Gasteiger partial charge in [0.25, 0.3) is 5.91 Å². The number of hydrogen-bond acceptors (Lipinski definition) is 3. The van der Waals surface area contributed by atoms with Crippen LogP contribution in [-0.4, -0.2) is 53.7 Å². The molecule has 2 atom stereocenters. The minimum Gasteiger partial charge on any atom is -0.368 e. The molecule has 0 spiro atoms. The van der Waals surface area contributed by atoms with Crippen molar-refractivity contribution in [1.29, 1.82) is 0 Å². The molecule has 6 nitrogen and oxygen atoms in total. The predicted molar refractivity (Wildman–Crippen MR) is 78.7 cm³/mol. The summed E-state index contributed by atoms with van der Waals surface area (Å²) >= 11 is 0. The number of amides is 3. The van der Waals surface area contributed by atoms with Gasteiger partial charge in [0.05, 0.1) is 5.92 Å². The number of nitrogens with two attached hydrogens (primary N) is 1. The highest BCUT2D eigenvalue weighted by Crippen LogP contribution is 2.21. The van der Waals surface area contributed by atoms with Crippen LogP contribution >= 0.6 is 0 Å². The van der Waals surface area contributed by atoms with Crippen LogP contribution < -0.4 is 5.73 Å². The molecule has 0 unspecified atom stereocenters. The number of carbonyl (C=O) groups excluding carboxylic acids is 3. The Kier molecular flexibility index (Phi) is 5.77. The summed E-state index contributed by atoms with van der Waals surface area (Å²) in [6.45, 7) is 6.16. The summed E-state index contributed by atoms with van der Waals surface area (Å²) in [5.41, 5.74) is 5.37. The Morgan fingerprint density at radius 3 is 2.43 bits per heavy atom. The molecule has 1 aliphatic rings. The maximum atomic E-state index is 12.5. The highest BCUT2D eigenvalue weighted by Gasteiger charge is 2.36. The number of rotatable bonds is 4. The summed E-state index contributed by atoms with van der Waals surface area (Å²) < 4.78 is 0. The molecule has 21 heavy (non-hydrogen) atoms. The smallest absolute Gasteiger partial charge is 0.298 e. The van der Waals surface area contributed by atoms with E-state index in [1.165, 1.54) is 4.90 Å². The molecule has 6 heteroatoms. The predicted octanol–water partition coefficient (Wildman–Crippen LogP) is -0.173. The zero-order valence-corrected chi connectivity index (χ0v) is 13.0. The van der Waals surface area contributed by atoms with Crippen molar-refractivity contribution in [3.63, 3.8) is 0 Å². The van der Waals surface area contributed by atoms with Gasteiger partial charge in [0, 0.05) is 20.1 Å². The van der Waals surface area contributed by atoms with Gasteiger partial charge in [-0.2, -0.15) is 0 Å². The largest absolute Gasteiger partial charge is 0.368 e. The van der Waals surface area contributed by atoms with Crippen molar-refractivity contribution in [3.05, 3.63) is 0 Å². The van der Waals surface area contributed by atoms with E-state index in [2.05, 4.69) is 11.8 Å². The number of carbonyl (C=O) groups is 3. The van der Waals surface area contributed by atoms with E-state index in [1.54, 1.807) is 18.9 Å². The van der Waals surface area contributed by atoms with Gasteiger partial charge in [-0.15, -0.1) is 0 Å². The van der Waals surface area contributed by atoms with Crippen LogP contribution in [0.2, 0.25) is 0 Å². The van der Waals surface area contributed by atoms with Crippen LogP contribution in [0.4, 0.5) is 0 Å². The Bertz CT molecular complexity index is 490. The van der Waals surface area contributed by atoms with E-state index < -0.39 is 11.9 Å². The van der Waals surface area contributed by atoms with Crippen molar-refractivity contribution in [2.75, 3.05) is 20.1 Å². The summed E-state index contributed by atoms with van der Waals surface area (Å²) in [7, 11) is 1.59. The first-order valence-corrected chi connectivity index (χ1v) is 7.07. The lowest BCUT2D eigenvalue weighted by atomic mass is 9.99. The molecule has 0 bridgehead atoms. The molecule has 116 valence electrons. The van der Waals surface area contributed by atoms with E-state index in [0.717, 1.165) is 0 Å². The van der Waals surface area contributed by atoms with E-state index >= 15 is 0 Å². The van der Waals surface area contributed by atoms with E-state index in [9.17, 15) is 14.4 Å². The Morgan fingerprint density at radius 2 is 1.95 bits per heavy atom. The van der Waals surface area contributed by atoms with Gasteiger partial charge >= 0.3 is 0 Å². The van der Waals surface area contributed by atoms with Crippen molar-refractivity contribution in [2.45, 2.75) is 33.2 Å². The standard InChI is InChI=1S/C15H23N3O3/c1-5-6-12(19)18-8-7-11(9-18)15(21)17(4)13(10(2)3)14(16)20/h10-11,13H,7-9H2,1-4H3,(H2,16,20)/t11-,13-/m0/s1. The molecule has 3 amide bonds. The lowest BCUT2D eigenvalue weighted by Gasteiger charge is -2.30. The molecule has 0 aromatic heterocycles. The van der Waals surface area contributed by atoms with Gasteiger partial charge in [0.15, 0.2) is 0 Å². The molecule has 0 saturated carbocycles. The van der Waals surface area contributed by atoms with Crippen LogP contribution in [0.25, 0.3) is 0 Å². The minimum atomic E-state index is -0.627. The first-order chi connectivity index (χ1) is 9.79. The summed E-state index contributed by atoms with van der Waals surface area (Å²) in [4.78, 5) is 38.6. The third kappa shape index (κ3) is 3.97. The molecule has 1 aliphatic heterocycles. The maximum absolute atomic E-state index is 12.5. The number of hydrogen-bond donors (Lipinski definition) is 1. The summed E-state index contributed by atoms with van der Waals surface area (Å²) in [5.74, 6) is 3.77.